The topological polar surface area (TPSA) is 64.7 Å². The first-order valence-electron chi connectivity index (χ1n) is 13.8. The number of anilines is 1. The van der Waals surface area contributed by atoms with E-state index in [1.807, 2.05) is 62.9 Å². The number of carbonyl (C=O) groups is 2. The maximum absolute atomic E-state index is 13.5. The van der Waals surface area contributed by atoms with Crippen molar-refractivity contribution in [2.45, 2.75) is 59.4 Å². The highest BCUT2D eigenvalue weighted by Crippen LogP contribution is 2.33. The summed E-state index contributed by atoms with van der Waals surface area (Å²) in [4.78, 5) is 30.6. The second kappa shape index (κ2) is 16.3. The van der Waals surface area contributed by atoms with Crippen LogP contribution in [0.3, 0.4) is 0 Å². The van der Waals surface area contributed by atoms with Gasteiger partial charge in [-0.15, -0.1) is 0 Å². The second-order valence-electron chi connectivity index (χ2n) is 9.25. The molecule has 204 valence electrons. The van der Waals surface area contributed by atoms with Crippen LogP contribution in [0.15, 0.2) is 54.6 Å². The van der Waals surface area contributed by atoms with Gasteiger partial charge < -0.3 is 20.4 Å². The number of likely N-dealkylation sites (tertiary alicyclic amines) is 2. The summed E-state index contributed by atoms with van der Waals surface area (Å²) in [5.74, 6) is 1.42. The van der Waals surface area contributed by atoms with Crippen molar-refractivity contribution in [2.24, 2.45) is 11.8 Å². The zero-order chi connectivity index (χ0) is 27.2. The molecule has 0 radical (unpaired) electrons. The lowest BCUT2D eigenvalue weighted by Gasteiger charge is -2.40. The van der Waals surface area contributed by atoms with E-state index in [0.29, 0.717) is 16.6 Å². The van der Waals surface area contributed by atoms with Crippen LogP contribution in [0.25, 0.3) is 0 Å². The number of amides is 3. The molecular weight excluding hydrogens is 484 g/mol. The Balaban J connectivity index is 0.00000115. The van der Waals surface area contributed by atoms with Crippen molar-refractivity contribution in [3.05, 3.63) is 65.2 Å². The smallest absolute Gasteiger partial charge is 0.320 e. The van der Waals surface area contributed by atoms with Crippen LogP contribution in [-0.4, -0.2) is 55.0 Å². The third-order valence-corrected chi connectivity index (χ3v) is 7.29. The number of nitrogens with one attached hydrogen (secondary N) is 2. The van der Waals surface area contributed by atoms with Gasteiger partial charge in [-0.25, -0.2) is 4.79 Å². The quantitative estimate of drug-likeness (QED) is 0.446. The first-order chi connectivity index (χ1) is 18.0. The summed E-state index contributed by atoms with van der Waals surface area (Å²) in [6.07, 6.45) is 4.60. The molecule has 2 N–H and O–H groups in total. The standard InChI is InChI=1S/C26H33ClN4O2.2C2H6/c1-30-15-11-19(12-16-30)20-13-17-31(18-14-20)25(32)24(21-5-3-2-4-6-21)29-26(33)28-23-9-7-22(27)8-10-23;2*1-2/h2-10,19-20,24H,11-18H2,1H3,(H2,28,29,33);2*1-2H3/t24-;;/m1../s1. The first-order valence-corrected chi connectivity index (χ1v) is 14.2. The van der Waals surface area contributed by atoms with Gasteiger partial charge in [0.15, 0.2) is 0 Å². The third kappa shape index (κ3) is 9.35. The lowest BCUT2D eigenvalue weighted by atomic mass is 9.79. The van der Waals surface area contributed by atoms with E-state index < -0.39 is 12.1 Å². The molecule has 1 atom stereocenters. The van der Waals surface area contributed by atoms with Crippen LogP contribution in [0.5, 0.6) is 0 Å². The highest BCUT2D eigenvalue weighted by atomic mass is 35.5. The number of benzene rings is 2. The molecule has 3 amide bonds. The predicted octanol–water partition coefficient (Wildman–Crippen LogP) is 6.84. The van der Waals surface area contributed by atoms with Crippen molar-refractivity contribution in [3.8, 4) is 0 Å². The van der Waals surface area contributed by atoms with Crippen LogP contribution in [-0.2, 0) is 4.79 Å². The SMILES string of the molecule is CC.CC.CN1CCC(C2CCN(C(=O)[C@H](NC(=O)Nc3ccc(Cl)cc3)c3ccccc3)CC2)CC1. The molecule has 0 unspecified atom stereocenters. The number of hydrogen-bond acceptors (Lipinski definition) is 3. The molecule has 0 bridgehead atoms. The zero-order valence-corrected chi connectivity index (χ0v) is 23.9. The van der Waals surface area contributed by atoms with Crippen molar-refractivity contribution < 1.29 is 9.59 Å². The maximum atomic E-state index is 13.5. The Hall–Kier alpha value is -2.57. The van der Waals surface area contributed by atoms with Gasteiger partial charge in [0, 0.05) is 23.8 Å². The minimum atomic E-state index is -0.724. The van der Waals surface area contributed by atoms with Crippen molar-refractivity contribution in [1.82, 2.24) is 15.1 Å². The van der Waals surface area contributed by atoms with E-state index >= 15 is 0 Å². The molecular formula is C30H45ClN4O2. The summed E-state index contributed by atoms with van der Waals surface area (Å²) < 4.78 is 0. The van der Waals surface area contributed by atoms with Crippen molar-refractivity contribution in [3.63, 3.8) is 0 Å². The number of rotatable bonds is 5. The van der Waals surface area contributed by atoms with Gasteiger partial charge in [-0.1, -0.05) is 69.6 Å². The minimum Gasteiger partial charge on any atom is -0.341 e. The highest BCUT2D eigenvalue weighted by molar-refractivity contribution is 6.30. The summed E-state index contributed by atoms with van der Waals surface area (Å²) in [5.41, 5.74) is 1.40. The largest absolute Gasteiger partial charge is 0.341 e. The van der Waals surface area contributed by atoms with Gasteiger partial charge in [-0.05, 0) is 87.5 Å². The Labute approximate surface area is 228 Å². The molecule has 4 rings (SSSR count). The van der Waals surface area contributed by atoms with Gasteiger partial charge >= 0.3 is 6.03 Å². The van der Waals surface area contributed by atoms with Crippen molar-refractivity contribution in [1.29, 1.82) is 0 Å². The Morgan fingerprint density at radius 3 is 1.86 bits per heavy atom. The zero-order valence-electron chi connectivity index (χ0n) is 23.2. The van der Waals surface area contributed by atoms with Crippen LogP contribution >= 0.6 is 11.6 Å². The summed E-state index contributed by atoms with van der Waals surface area (Å²) >= 11 is 5.93. The van der Waals surface area contributed by atoms with E-state index in [1.165, 1.54) is 25.9 Å². The fraction of sp³-hybridized carbons (Fsp3) is 0.533. The third-order valence-electron chi connectivity index (χ3n) is 7.04. The molecule has 2 fully saturated rings. The van der Waals surface area contributed by atoms with E-state index in [9.17, 15) is 9.59 Å². The maximum Gasteiger partial charge on any atom is 0.320 e. The van der Waals surface area contributed by atoms with Gasteiger partial charge in [-0.2, -0.15) is 0 Å². The van der Waals surface area contributed by atoms with E-state index in [-0.39, 0.29) is 5.91 Å². The predicted molar refractivity (Wildman–Crippen MR) is 155 cm³/mol. The Morgan fingerprint density at radius 2 is 1.32 bits per heavy atom. The summed E-state index contributed by atoms with van der Waals surface area (Å²) in [5, 5.41) is 6.29. The van der Waals surface area contributed by atoms with Crippen LogP contribution in [0.2, 0.25) is 5.02 Å². The number of urea groups is 1. The number of piperidine rings is 2. The fourth-order valence-corrected chi connectivity index (χ4v) is 5.16. The van der Waals surface area contributed by atoms with Gasteiger partial charge in [0.2, 0.25) is 5.91 Å². The Morgan fingerprint density at radius 1 is 0.811 bits per heavy atom. The lowest BCUT2D eigenvalue weighted by molar-refractivity contribution is -0.135. The Bertz CT molecular complexity index is 922. The molecule has 7 heteroatoms. The molecule has 2 aliphatic rings. The fourth-order valence-electron chi connectivity index (χ4n) is 5.04. The summed E-state index contributed by atoms with van der Waals surface area (Å²) in [6.45, 7) is 11.8. The lowest BCUT2D eigenvalue weighted by Crippen LogP contribution is -2.48. The van der Waals surface area contributed by atoms with Crippen molar-refractivity contribution in [2.75, 3.05) is 38.5 Å². The monoisotopic (exact) mass is 528 g/mol. The Kier molecular flexibility index (Phi) is 13.5. The number of hydrogen-bond donors (Lipinski definition) is 2. The molecule has 37 heavy (non-hydrogen) atoms. The number of nitrogens with zero attached hydrogens (tertiary/aromatic N) is 2. The van der Waals surface area contributed by atoms with Gasteiger partial charge in [0.05, 0.1) is 0 Å². The molecule has 2 saturated heterocycles. The minimum absolute atomic E-state index is 0.0470. The molecule has 2 aromatic rings. The van der Waals surface area contributed by atoms with Crippen LogP contribution < -0.4 is 10.6 Å². The first kappa shape index (κ1) is 30.7. The summed E-state index contributed by atoms with van der Waals surface area (Å²) in [7, 11) is 2.19. The highest BCUT2D eigenvalue weighted by Gasteiger charge is 2.33. The number of halogens is 1. The van der Waals surface area contributed by atoms with E-state index in [2.05, 4.69) is 22.6 Å². The summed E-state index contributed by atoms with van der Waals surface area (Å²) in [6, 6.07) is 15.2. The van der Waals surface area contributed by atoms with E-state index in [4.69, 9.17) is 11.6 Å². The molecule has 0 spiro atoms. The average Bonchev–Trinajstić information content (AvgIpc) is 2.96. The van der Waals surface area contributed by atoms with Crippen LogP contribution in [0.1, 0.15) is 65.0 Å². The molecule has 2 aliphatic heterocycles. The molecule has 2 aromatic carbocycles. The second-order valence-corrected chi connectivity index (χ2v) is 9.69. The van der Waals surface area contributed by atoms with Gasteiger partial charge in [-0.3, -0.25) is 4.79 Å². The molecule has 0 aromatic heterocycles. The van der Waals surface area contributed by atoms with Gasteiger partial charge in [0.1, 0.15) is 6.04 Å². The van der Waals surface area contributed by atoms with Gasteiger partial charge in [0.25, 0.3) is 0 Å². The van der Waals surface area contributed by atoms with Crippen LogP contribution in [0, 0.1) is 11.8 Å². The molecule has 2 heterocycles. The molecule has 6 nitrogen and oxygen atoms in total. The van der Waals surface area contributed by atoms with E-state index in [1.54, 1.807) is 24.3 Å². The van der Waals surface area contributed by atoms with Crippen LogP contribution in [0.4, 0.5) is 10.5 Å². The van der Waals surface area contributed by atoms with Crippen molar-refractivity contribution >= 4 is 29.2 Å². The van der Waals surface area contributed by atoms with E-state index in [0.717, 1.165) is 37.4 Å². The number of carbonyl (C=O) groups excluding carboxylic acids is 2. The average molecular weight is 529 g/mol. The normalized spacial score (nSPS) is 17.4. The molecule has 0 saturated carbocycles. The molecule has 0 aliphatic carbocycles.